The average Bonchev–Trinajstić information content (AvgIpc) is 2.67. The van der Waals surface area contributed by atoms with Crippen molar-refractivity contribution in [3.63, 3.8) is 0 Å². The van der Waals surface area contributed by atoms with Gasteiger partial charge in [0.15, 0.2) is 0 Å². The summed E-state index contributed by atoms with van der Waals surface area (Å²) in [6, 6.07) is 11.5. The first-order chi connectivity index (χ1) is 13.7. The number of carbonyl (C=O) groups excluding carboxylic acids is 1. The first-order valence-electron chi connectivity index (χ1n) is 9.75. The molecule has 0 spiro atoms. The number of carbonyl (C=O) groups is 1. The number of thioether (sulfide) groups is 1. The molecule has 0 bridgehead atoms. The van der Waals surface area contributed by atoms with Crippen molar-refractivity contribution in [3.8, 4) is 0 Å². The monoisotopic (exact) mass is 432 g/mol. The third-order valence-electron chi connectivity index (χ3n) is 5.29. The average molecular weight is 433 g/mol. The highest BCUT2D eigenvalue weighted by Crippen LogP contribution is 2.29. The van der Waals surface area contributed by atoms with E-state index in [9.17, 15) is 13.2 Å². The van der Waals surface area contributed by atoms with Crippen LogP contribution in [0.4, 0.5) is 5.69 Å². The van der Waals surface area contributed by atoms with Gasteiger partial charge in [0.05, 0.1) is 10.8 Å². The number of aryl methyl sites for hydroxylation is 3. The maximum absolute atomic E-state index is 13.3. The van der Waals surface area contributed by atoms with Crippen molar-refractivity contribution in [1.82, 2.24) is 4.31 Å². The first kappa shape index (κ1) is 21.9. The Morgan fingerprint density at radius 3 is 2.48 bits per heavy atom. The van der Waals surface area contributed by atoms with E-state index in [0.717, 1.165) is 27.3 Å². The van der Waals surface area contributed by atoms with Crippen molar-refractivity contribution in [3.05, 3.63) is 53.1 Å². The molecule has 1 aliphatic rings. The lowest BCUT2D eigenvalue weighted by Gasteiger charge is -2.32. The second kappa shape index (κ2) is 8.90. The lowest BCUT2D eigenvalue weighted by molar-refractivity contribution is -0.120. The van der Waals surface area contributed by atoms with Gasteiger partial charge in [0.2, 0.25) is 15.9 Å². The number of nitrogens with zero attached hydrogens (tertiary/aromatic N) is 1. The molecule has 0 aromatic heterocycles. The van der Waals surface area contributed by atoms with Gasteiger partial charge in [0, 0.05) is 23.7 Å². The van der Waals surface area contributed by atoms with E-state index < -0.39 is 10.0 Å². The molecule has 1 amide bonds. The zero-order valence-corrected chi connectivity index (χ0v) is 19.0. The molecule has 0 saturated carbocycles. The van der Waals surface area contributed by atoms with Crippen molar-refractivity contribution in [2.24, 2.45) is 5.92 Å². The number of hydrogen-bond donors (Lipinski definition) is 1. The van der Waals surface area contributed by atoms with Crippen molar-refractivity contribution in [1.29, 1.82) is 0 Å². The van der Waals surface area contributed by atoms with Crippen LogP contribution in [0.25, 0.3) is 0 Å². The normalized spacial score (nSPS) is 17.9. The molecule has 1 atom stereocenters. The highest BCUT2D eigenvalue weighted by atomic mass is 32.2. The Morgan fingerprint density at radius 1 is 1.14 bits per heavy atom. The molecule has 2 aromatic carbocycles. The fraction of sp³-hybridized carbons (Fsp3) is 0.409. The minimum Gasteiger partial charge on any atom is -0.326 e. The Kier molecular flexibility index (Phi) is 6.71. The van der Waals surface area contributed by atoms with Crippen LogP contribution >= 0.6 is 11.8 Å². The molecule has 1 aliphatic heterocycles. The van der Waals surface area contributed by atoms with Crippen LogP contribution in [0.2, 0.25) is 0 Å². The quantitative estimate of drug-likeness (QED) is 0.713. The number of nitrogens with one attached hydrogen (secondary N) is 1. The number of piperidine rings is 1. The highest BCUT2D eigenvalue weighted by molar-refractivity contribution is 7.98. The summed E-state index contributed by atoms with van der Waals surface area (Å²) in [5.74, 6) is -0.483. The van der Waals surface area contributed by atoms with Crippen molar-refractivity contribution < 1.29 is 13.2 Å². The van der Waals surface area contributed by atoms with Gasteiger partial charge in [0.1, 0.15) is 0 Å². The SMILES string of the molecule is CSc1cccc(NC(=O)[C@H]2CCCN(S(=O)(=O)c3c(C)cc(C)cc3C)C2)c1. The maximum atomic E-state index is 13.3. The summed E-state index contributed by atoms with van der Waals surface area (Å²) in [7, 11) is -3.64. The number of hydrogen-bond acceptors (Lipinski definition) is 4. The van der Waals surface area contributed by atoms with Crippen LogP contribution < -0.4 is 5.32 Å². The van der Waals surface area contributed by atoms with E-state index in [1.54, 1.807) is 11.8 Å². The van der Waals surface area contributed by atoms with Crippen LogP contribution in [0, 0.1) is 26.7 Å². The summed E-state index contributed by atoms with van der Waals surface area (Å²) in [6.45, 7) is 6.28. The van der Waals surface area contributed by atoms with Crippen molar-refractivity contribution in [2.45, 2.75) is 43.4 Å². The number of anilines is 1. The molecule has 1 fully saturated rings. The summed E-state index contributed by atoms with van der Waals surface area (Å²) in [5, 5.41) is 2.95. The molecule has 2 aromatic rings. The summed E-state index contributed by atoms with van der Waals surface area (Å²) in [5.41, 5.74) is 3.29. The molecule has 0 aliphatic carbocycles. The van der Waals surface area contributed by atoms with Crippen molar-refractivity contribution in [2.75, 3.05) is 24.7 Å². The van der Waals surface area contributed by atoms with E-state index in [-0.39, 0.29) is 18.4 Å². The standard InChI is InChI=1S/C22H28N2O3S2/c1-15-11-16(2)21(17(3)12-15)29(26,27)24-10-6-7-18(14-24)22(25)23-19-8-5-9-20(13-19)28-4/h5,8-9,11-13,18H,6-7,10,14H2,1-4H3,(H,23,25)/t18-/m0/s1. The van der Waals surface area contributed by atoms with Crippen LogP contribution in [0.5, 0.6) is 0 Å². The molecule has 5 nitrogen and oxygen atoms in total. The van der Waals surface area contributed by atoms with Gasteiger partial charge in [-0.3, -0.25) is 4.79 Å². The topological polar surface area (TPSA) is 66.5 Å². The predicted octanol–water partition coefficient (Wildman–Crippen LogP) is 4.37. The van der Waals surface area contributed by atoms with Crippen LogP contribution in [-0.4, -0.2) is 38.0 Å². The zero-order valence-electron chi connectivity index (χ0n) is 17.4. The summed E-state index contributed by atoms with van der Waals surface area (Å²) >= 11 is 1.61. The van der Waals surface area contributed by atoms with Gasteiger partial charge >= 0.3 is 0 Å². The van der Waals surface area contributed by atoms with E-state index in [4.69, 9.17) is 0 Å². The molecule has 3 rings (SSSR count). The molecule has 29 heavy (non-hydrogen) atoms. The molecule has 1 saturated heterocycles. The zero-order chi connectivity index (χ0) is 21.2. The second-order valence-corrected chi connectivity index (χ2v) is 10.4. The molecule has 0 radical (unpaired) electrons. The largest absolute Gasteiger partial charge is 0.326 e. The Balaban J connectivity index is 1.78. The molecule has 1 heterocycles. The van der Waals surface area contributed by atoms with Crippen LogP contribution in [0.15, 0.2) is 46.2 Å². The molecular weight excluding hydrogens is 404 g/mol. The fourth-order valence-electron chi connectivity index (χ4n) is 4.02. The first-order valence-corrected chi connectivity index (χ1v) is 12.4. The fourth-order valence-corrected chi connectivity index (χ4v) is 6.42. The summed E-state index contributed by atoms with van der Waals surface area (Å²) < 4.78 is 28.2. The van der Waals surface area contributed by atoms with Crippen LogP contribution in [0.1, 0.15) is 29.5 Å². The van der Waals surface area contributed by atoms with Gasteiger partial charge in [0.25, 0.3) is 0 Å². The summed E-state index contributed by atoms with van der Waals surface area (Å²) in [4.78, 5) is 14.3. The molecule has 7 heteroatoms. The van der Waals surface area contributed by atoms with E-state index in [0.29, 0.717) is 24.3 Å². The smallest absolute Gasteiger partial charge is 0.243 e. The Hall–Kier alpha value is -1.83. The number of rotatable bonds is 5. The second-order valence-electron chi connectivity index (χ2n) is 7.65. The molecular formula is C22H28N2O3S2. The van der Waals surface area contributed by atoms with E-state index in [1.807, 2.05) is 63.4 Å². The number of amides is 1. The number of benzene rings is 2. The van der Waals surface area contributed by atoms with Gasteiger partial charge in [-0.2, -0.15) is 4.31 Å². The van der Waals surface area contributed by atoms with Crippen LogP contribution in [0.3, 0.4) is 0 Å². The molecule has 156 valence electrons. The Labute approximate surface area is 177 Å². The lowest BCUT2D eigenvalue weighted by atomic mass is 9.99. The van der Waals surface area contributed by atoms with Gasteiger partial charge in [-0.1, -0.05) is 23.8 Å². The van der Waals surface area contributed by atoms with E-state index in [2.05, 4.69) is 5.32 Å². The van der Waals surface area contributed by atoms with Gasteiger partial charge in [-0.25, -0.2) is 8.42 Å². The molecule has 0 unspecified atom stereocenters. The van der Waals surface area contributed by atoms with Crippen molar-refractivity contribution >= 4 is 33.4 Å². The Bertz CT molecular complexity index is 995. The van der Waals surface area contributed by atoms with Crippen LogP contribution in [-0.2, 0) is 14.8 Å². The lowest BCUT2D eigenvalue weighted by Crippen LogP contribution is -2.44. The maximum Gasteiger partial charge on any atom is 0.243 e. The van der Waals surface area contributed by atoms with Gasteiger partial charge in [-0.05, 0) is 69.2 Å². The third-order valence-corrected chi connectivity index (χ3v) is 8.19. The number of sulfonamides is 1. The minimum atomic E-state index is -3.64. The Morgan fingerprint density at radius 2 is 1.83 bits per heavy atom. The molecule has 1 N–H and O–H groups in total. The van der Waals surface area contributed by atoms with E-state index >= 15 is 0 Å². The minimum absolute atomic E-state index is 0.125. The van der Waals surface area contributed by atoms with Gasteiger partial charge < -0.3 is 5.32 Å². The predicted molar refractivity (Wildman–Crippen MR) is 119 cm³/mol. The summed E-state index contributed by atoms with van der Waals surface area (Å²) in [6.07, 6.45) is 3.35. The van der Waals surface area contributed by atoms with Gasteiger partial charge in [-0.15, -0.1) is 11.8 Å². The third kappa shape index (κ3) is 4.85. The highest BCUT2D eigenvalue weighted by Gasteiger charge is 2.34. The van der Waals surface area contributed by atoms with E-state index in [1.165, 1.54) is 4.31 Å².